The number of nitrogens with one attached hydrogen (secondary N) is 1. The van der Waals surface area contributed by atoms with Gasteiger partial charge in [-0.15, -0.1) is 0 Å². The number of piperazine rings is 1. The van der Waals surface area contributed by atoms with Gasteiger partial charge in [0.05, 0.1) is 5.69 Å². The van der Waals surface area contributed by atoms with Gasteiger partial charge in [0, 0.05) is 43.1 Å². The summed E-state index contributed by atoms with van der Waals surface area (Å²) in [5.74, 6) is 1.19. The monoisotopic (exact) mass is 397 g/mol. The summed E-state index contributed by atoms with van der Waals surface area (Å²) >= 11 is 6.19. The number of para-hydroxylation sites is 1. The van der Waals surface area contributed by atoms with Crippen LogP contribution >= 0.6 is 11.6 Å². The van der Waals surface area contributed by atoms with Crippen molar-refractivity contribution in [3.05, 3.63) is 71.1 Å². The van der Waals surface area contributed by atoms with Gasteiger partial charge in [-0.25, -0.2) is 9.37 Å². The quantitative estimate of drug-likeness (QED) is 0.694. The van der Waals surface area contributed by atoms with E-state index in [1.54, 1.807) is 12.3 Å². The summed E-state index contributed by atoms with van der Waals surface area (Å²) < 4.78 is 14.0. The maximum atomic E-state index is 14.0. The van der Waals surface area contributed by atoms with Crippen molar-refractivity contribution in [1.29, 1.82) is 0 Å². The lowest BCUT2D eigenvalue weighted by molar-refractivity contribution is 0.596. The Morgan fingerprint density at radius 3 is 2.50 bits per heavy atom. The summed E-state index contributed by atoms with van der Waals surface area (Å²) in [4.78, 5) is 13.2. The number of aromatic nitrogens is 2. The first-order valence-electron chi connectivity index (χ1n) is 9.21. The summed E-state index contributed by atoms with van der Waals surface area (Å²) in [6.07, 6.45) is 1.74. The van der Waals surface area contributed by atoms with Gasteiger partial charge in [0.2, 0.25) is 5.95 Å². The van der Waals surface area contributed by atoms with E-state index in [-0.39, 0.29) is 5.82 Å². The molecule has 0 aliphatic carbocycles. The Labute approximate surface area is 168 Å². The zero-order valence-corrected chi connectivity index (χ0v) is 16.3. The zero-order chi connectivity index (χ0) is 19.5. The van der Waals surface area contributed by atoms with Crippen LogP contribution in [0.1, 0.15) is 5.56 Å². The van der Waals surface area contributed by atoms with E-state index in [1.165, 1.54) is 6.07 Å². The van der Waals surface area contributed by atoms with E-state index in [9.17, 15) is 4.39 Å². The van der Waals surface area contributed by atoms with Crippen molar-refractivity contribution in [2.45, 2.75) is 6.92 Å². The van der Waals surface area contributed by atoms with Crippen LogP contribution in [0, 0.1) is 12.7 Å². The van der Waals surface area contributed by atoms with E-state index in [1.807, 2.05) is 43.3 Å². The van der Waals surface area contributed by atoms with Gasteiger partial charge in [0.25, 0.3) is 0 Å². The maximum absolute atomic E-state index is 14.0. The number of rotatable bonds is 4. The van der Waals surface area contributed by atoms with Gasteiger partial charge in [-0.3, -0.25) is 0 Å². The molecule has 0 spiro atoms. The summed E-state index contributed by atoms with van der Waals surface area (Å²) in [6.45, 7) is 4.97. The second-order valence-electron chi connectivity index (χ2n) is 6.75. The fourth-order valence-corrected chi connectivity index (χ4v) is 3.45. The van der Waals surface area contributed by atoms with Crippen LogP contribution in [-0.4, -0.2) is 36.1 Å². The minimum atomic E-state index is -0.179. The van der Waals surface area contributed by atoms with Crippen molar-refractivity contribution >= 4 is 34.7 Å². The molecule has 0 bridgehead atoms. The fourth-order valence-electron chi connectivity index (χ4n) is 3.27. The molecule has 1 N–H and O–H groups in total. The van der Waals surface area contributed by atoms with Crippen LogP contribution in [0.25, 0.3) is 0 Å². The van der Waals surface area contributed by atoms with E-state index in [0.29, 0.717) is 16.7 Å². The third-order valence-electron chi connectivity index (χ3n) is 4.87. The molecule has 1 aliphatic heterocycles. The first kappa shape index (κ1) is 18.5. The molecule has 0 unspecified atom stereocenters. The molecule has 5 nitrogen and oxygen atoms in total. The molecule has 3 aromatic rings. The van der Waals surface area contributed by atoms with Gasteiger partial charge in [-0.05, 0) is 42.8 Å². The van der Waals surface area contributed by atoms with Crippen LogP contribution in [0.2, 0.25) is 5.02 Å². The van der Waals surface area contributed by atoms with Crippen molar-refractivity contribution in [3.63, 3.8) is 0 Å². The van der Waals surface area contributed by atoms with Crippen molar-refractivity contribution in [2.75, 3.05) is 41.3 Å². The van der Waals surface area contributed by atoms with Crippen LogP contribution < -0.4 is 15.1 Å². The van der Waals surface area contributed by atoms with Crippen LogP contribution in [0.15, 0.2) is 54.7 Å². The highest BCUT2D eigenvalue weighted by Gasteiger charge is 2.20. The predicted molar refractivity (Wildman–Crippen MR) is 112 cm³/mol. The normalized spacial score (nSPS) is 14.2. The van der Waals surface area contributed by atoms with E-state index >= 15 is 0 Å². The van der Waals surface area contributed by atoms with Gasteiger partial charge in [0.15, 0.2) is 0 Å². The predicted octanol–water partition coefficient (Wildman–Crippen LogP) is 4.65. The van der Waals surface area contributed by atoms with Gasteiger partial charge in [-0.2, -0.15) is 4.98 Å². The second-order valence-corrected chi connectivity index (χ2v) is 7.16. The van der Waals surface area contributed by atoms with E-state index in [4.69, 9.17) is 11.6 Å². The highest BCUT2D eigenvalue weighted by molar-refractivity contribution is 6.31. The molecule has 0 saturated carbocycles. The summed E-state index contributed by atoms with van der Waals surface area (Å²) in [5, 5.41) is 3.90. The Hall–Kier alpha value is -2.86. The number of nitrogens with zero attached hydrogens (tertiary/aromatic N) is 4. The molecule has 0 amide bonds. The number of halogens is 2. The van der Waals surface area contributed by atoms with Gasteiger partial charge in [0.1, 0.15) is 11.6 Å². The highest BCUT2D eigenvalue weighted by Crippen LogP contribution is 2.24. The summed E-state index contributed by atoms with van der Waals surface area (Å²) in [6, 6.07) is 14.6. The topological polar surface area (TPSA) is 44.3 Å². The fraction of sp³-hybridized carbons (Fsp3) is 0.238. The van der Waals surface area contributed by atoms with Crippen molar-refractivity contribution in [1.82, 2.24) is 9.97 Å². The largest absolute Gasteiger partial charge is 0.366 e. The first-order valence-corrected chi connectivity index (χ1v) is 9.58. The van der Waals surface area contributed by atoms with Gasteiger partial charge >= 0.3 is 0 Å². The molecule has 2 heterocycles. The Morgan fingerprint density at radius 2 is 1.75 bits per heavy atom. The average Bonchev–Trinajstić information content (AvgIpc) is 2.72. The minimum Gasteiger partial charge on any atom is -0.366 e. The summed E-state index contributed by atoms with van der Waals surface area (Å²) in [5.41, 5.74) is 2.52. The number of anilines is 4. The lowest BCUT2D eigenvalue weighted by Gasteiger charge is -2.36. The van der Waals surface area contributed by atoms with E-state index in [0.717, 1.165) is 43.2 Å². The Morgan fingerprint density at radius 1 is 1.00 bits per heavy atom. The molecule has 1 saturated heterocycles. The van der Waals surface area contributed by atoms with Crippen molar-refractivity contribution < 1.29 is 4.39 Å². The third kappa shape index (κ3) is 4.02. The molecule has 28 heavy (non-hydrogen) atoms. The van der Waals surface area contributed by atoms with Crippen LogP contribution in [0.4, 0.5) is 27.5 Å². The molecule has 1 aliphatic rings. The van der Waals surface area contributed by atoms with E-state index in [2.05, 4.69) is 25.1 Å². The number of aryl methyl sites for hydroxylation is 1. The minimum absolute atomic E-state index is 0.179. The molecular weight excluding hydrogens is 377 g/mol. The molecule has 0 radical (unpaired) electrons. The number of hydrogen-bond donors (Lipinski definition) is 1. The van der Waals surface area contributed by atoms with Gasteiger partial charge < -0.3 is 15.1 Å². The van der Waals surface area contributed by atoms with Gasteiger partial charge in [-0.1, -0.05) is 29.8 Å². The lowest BCUT2D eigenvalue weighted by Crippen LogP contribution is -2.47. The first-order chi connectivity index (χ1) is 13.6. The Bertz CT molecular complexity index is 973. The Balaban J connectivity index is 1.44. The highest BCUT2D eigenvalue weighted by atomic mass is 35.5. The molecule has 4 rings (SSSR count). The van der Waals surface area contributed by atoms with Crippen molar-refractivity contribution in [3.8, 4) is 0 Å². The SMILES string of the molecule is Cc1ccc(Nc2nccc(N3CCN(c4ccccc4F)CC3)n2)cc1Cl. The lowest BCUT2D eigenvalue weighted by atomic mass is 10.2. The second kappa shape index (κ2) is 8.02. The standard InChI is InChI=1S/C21H21ClFN5/c1-15-6-7-16(14-17(15)22)25-21-24-9-8-20(26-21)28-12-10-27(11-13-28)19-5-3-2-4-18(19)23/h2-9,14H,10-13H2,1H3,(H,24,25,26). The molecule has 7 heteroatoms. The molecule has 1 fully saturated rings. The smallest absolute Gasteiger partial charge is 0.229 e. The van der Waals surface area contributed by atoms with Crippen LogP contribution in [0.3, 0.4) is 0 Å². The average molecular weight is 398 g/mol. The van der Waals surface area contributed by atoms with Crippen molar-refractivity contribution in [2.24, 2.45) is 0 Å². The molecule has 2 aromatic carbocycles. The van der Waals surface area contributed by atoms with Crippen LogP contribution in [-0.2, 0) is 0 Å². The molecule has 144 valence electrons. The number of benzene rings is 2. The number of hydrogen-bond acceptors (Lipinski definition) is 5. The van der Waals surface area contributed by atoms with E-state index < -0.39 is 0 Å². The van der Waals surface area contributed by atoms with Crippen LogP contribution in [0.5, 0.6) is 0 Å². The molecule has 1 aromatic heterocycles. The summed E-state index contributed by atoms with van der Waals surface area (Å²) in [7, 11) is 0. The zero-order valence-electron chi connectivity index (χ0n) is 15.6. The molecule has 0 atom stereocenters. The Kier molecular flexibility index (Phi) is 5.30. The maximum Gasteiger partial charge on any atom is 0.229 e. The third-order valence-corrected chi connectivity index (χ3v) is 5.27. The molecular formula is C21H21ClFN5.